The van der Waals surface area contributed by atoms with Gasteiger partial charge in [0, 0.05) is 25.1 Å². The van der Waals surface area contributed by atoms with Gasteiger partial charge in [-0.1, -0.05) is 6.07 Å². The highest BCUT2D eigenvalue weighted by molar-refractivity contribution is 7.89. The summed E-state index contributed by atoms with van der Waals surface area (Å²) in [4.78, 5) is 14.9. The molecule has 1 aliphatic heterocycles. The number of rotatable bonds is 7. The van der Waals surface area contributed by atoms with Gasteiger partial charge in [-0.15, -0.1) is 0 Å². The van der Waals surface area contributed by atoms with Crippen LogP contribution >= 0.6 is 0 Å². The minimum atomic E-state index is -3.73. The van der Waals surface area contributed by atoms with E-state index >= 15 is 0 Å². The Balaban J connectivity index is 0.00000242. The molecule has 8 nitrogen and oxygen atoms in total. The molecule has 1 atom stereocenters. The van der Waals surface area contributed by atoms with Gasteiger partial charge in [0.25, 0.3) is 5.69 Å². The maximum Gasteiger partial charge on any atom is 0.270 e. The van der Waals surface area contributed by atoms with E-state index in [1.165, 1.54) is 18.2 Å². The first-order valence-electron chi connectivity index (χ1n) is 6.29. The second kappa shape index (κ2) is 7.99. The van der Waals surface area contributed by atoms with Crippen LogP contribution in [0, 0.1) is 10.1 Å². The van der Waals surface area contributed by atoms with Gasteiger partial charge in [0.2, 0.25) is 10.0 Å². The Morgan fingerprint density at radius 1 is 1.36 bits per heavy atom. The molecular weight excluding hydrogens is 332 g/mol. The molecule has 0 radical (unpaired) electrons. The molecule has 0 saturated heterocycles. The molecule has 2 N–H and O–H groups in total. The van der Waals surface area contributed by atoms with Crippen LogP contribution < -0.4 is 22.0 Å². The predicted molar refractivity (Wildman–Crippen MR) is 76.4 cm³/mol. The molecule has 22 heavy (non-hydrogen) atoms. The summed E-state index contributed by atoms with van der Waals surface area (Å²) in [5.41, 5.74) is -0.249. The highest BCUT2D eigenvalue weighted by Crippen LogP contribution is 2.16. The van der Waals surface area contributed by atoms with E-state index < -0.39 is 14.9 Å². The summed E-state index contributed by atoms with van der Waals surface area (Å²) < 4.78 is 26.5. The van der Waals surface area contributed by atoms with E-state index in [0.717, 1.165) is 17.5 Å². The number of aliphatic imine (C=N–C) groups is 1. The van der Waals surface area contributed by atoms with Crippen molar-refractivity contribution in [3.05, 3.63) is 46.8 Å². The lowest BCUT2D eigenvalue weighted by Gasteiger charge is -2.08. The predicted octanol–water partition coefficient (Wildman–Crippen LogP) is -3.33. The molecule has 0 saturated carbocycles. The average molecular weight is 347 g/mol. The van der Waals surface area contributed by atoms with Gasteiger partial charge in [0.05, 0.1) is 22.6 Å². The standard InChI is InChI=1S/C12H14N4O4S.ClH/c17-16(18)11-3-1-4-12(9-11)21(19,20)14-5-2-7-15-8-6-13-10-15;/h1,3-4,6,8-10,14H,2,5,7H2;1H. The second-order valence-corrected chi connectivity index (χ2v) is 6.19. The van der Waals surface area contributed by atoms with E-state index in [2.05, 4.69) is 9.71 Å². The van der Waals surface area contributed by atoms with E-state index in [9.17, 15) is 18.5 Å². The Labute approximate surface area is 134 Å². The third kappa shape index (κ3) is 4.88. The van der Waals surface area contributed by atoms with Crippen LogP contribution in [0.15, 0.2) is 46.6 Å². The summed E-state index contributed by atoms with van der Waals surface area (Å²) in [5.74, 6) is 0. The number of halogens is 1. The van der Waals surface area contributed by atoms with E-state index in [1.807, 2.05) is 6.20 Å². The van der Waals surface area contributed by atoms with E-state index in [0.29, 0.717) is 6.42 Å². The fourth-order valence-electron chi connectivity index (χ4n) is 1.82. The second-order valence-electron chi connectivity index (χ2n) is 4.42. The van der Waals surface area contributed by atoms with Crippen molar-refractivity contribution in [3.63, 3.8) is 0 Å². The van der Waals surface area contributed by atoms with Crippen molar-refractivity contribution in [1.29, 1.82) is 0 Å². The zero-order valence-corrected chi connectivity index (χ0v) is 13.0. The Morgan fingerprint density at radius 3 is 2.77 bits per heavy atom. The summed E-state index contributed by atoms with van der Waals surface area (Å²) in [5, 5.41) is 10.7. The zero-order chi connectivity index (χ0) is 15.3. The first kappa shape index (κ1) is 18.2. The number of non-ortho nitro benzene ring substituents is 1. The van der Waals surface area contributed by atoms with Crippen molar-refractivity contribution in [2.75, 3.05) is 13.1 Å². The monoisotopic (exact) mass is 346 g/mol. The number of benzene rings is 1. The fraction of sp³-hybridized carbons (Fsp3) is 0.250. The zero-order valence-electron chi connectivity index (χ0n) is 11.5. The van der Waals surface area contributed by atoms with Crippen LogP contribution in [0.2, 0.25) is 0 Å². The maximum atomic E-state index is 12.0. The number of nitro groups is 1. The van der Waals surface area contributed by atoms with Crippen LogP contribution in [-0.4, -0.2) is 32.8 Å². The molecule has 1 aromatic carbocycles. The Morgan fingerprint density at radius 2 is 2.14 bits per heavy atom. The Hall–Kier alpha value is -1.81. The van der Waals surface area contributed by atoms with E-state index in [1.54, 1.807) is 12.5 Å². The van der Waals surface area contributed by atoms with Crippen molar-refractivity contribution in [2.24, 2.45) is 4.99 Å². The van der Waals surface area contributed by atoms with Crippen molar-refractivity contribution in [1.82, 2.24) is 4.72 Å². The number of sulfonamides is 1. The first-order valence-corrected chi connectivity index (χ1v) is 7.77. The fourth-order valence-corrected chi connectivity index (χ4v) is 2.93. The average Bonchev–Trinajstić information content (AvgIpc) is 2.97. The molecular formula is C12H15ClN4O4S. The molecule has 0 bridgehead atoms. The van der Waals surface area contributed by atoms with Crippen molar-refractivity contribution >= 4 is 22.0 Å². The lowest BCUT2D eigenvalue weighted by Crippen LogP contribution is -3.05. The van der Waals surface area contributed by atoms with Gasteiger partial charge in [-0.2, -0.15) is 0 Å². The Kier molecular flexibility index (Phi) is 6.62. The van der Waals surface area contributed by atoms with Crippen LogP contribution in [-0.2, 0) is 10.0 Å². The number of hydrogen-bond acceptors (Lipinski definition) is 5. The number of nitrogens with zero attached hydrogens (tertiary/aromatic N) is 2. The van der Waals surface area contributed by atoms with Gasteiger partial charge in [-0.3, -0.25) is 15.0 Å². The largest absolute Gasteiger partial charge is 1.00 e. The number of quaternary nitrogens is 1. The quantitative estimate of drug-likeness (QED) is 0.306. The van der Waals surface area contributed by atoms with Gasteiger partial charge in [-0.05, 0) is 6.07 Å². The maximum absolute atomic E-state index is 12.0. The van der Waals surface area contributed by atoms with Gasteiger partial charge in [0.15, 0.2) is 6.34 Å². The molecule has 0 fully saturated rings. The molecule has 0 amide bonds. The lowest BCUT2D eigenvalue weighted by atomic mass is 10.3. The molecule has 1 aromatic rings. The van der Waals surface area contributed by atoms with Gasteiger partial charge < -0.3 is 12.4 Å². The van der Waals surface area contributed by atoms with E-state index in [4.69, 9.17) is 0 Å². The molecule has 120 valence electrons. The van der Waals surface area contributed by atoms with Crippen LogP contribution in [0.4, 0.5) is 5.69 Å². The van der Waals surface area contributed by atoms with Crippen LogP contribution in [0.3, 0.4) is 0 Å². The highest BCUT2D eigenvalue weighted by atomic mass is 35.5. The third-order valence-electron chi connectivity index (χ3n) is 2.89. The molecule has 10 heteroatoms. The summed E-state index contributed by atoms with van der Waals surface area (Å²) in [7, 11) is -3.73. The highest BCUT2D eigenvalue weighted by Gasteiger charge is 2.17. The van der Waals surface area contributed by atoms with Crippen LogP contribution in [0.1, 0.15) is 6.42 Å². The number of nitro benzene ring substituents is 1. The molecule has 0 aromatic heterocycles. The summed E-state index contributed by atoms with van der Waals surface area (Å²) in [6.07, 6.45) is 5.91. The topological polar surface area (TPSA) is 106 Å². The van der Waals surface area contributed by atoms with Gasteiger partial charge >= 0.3 is 0 Å². The molecule has 1 aliphatic rings. The van der Waals surface area contributed by atoms with Crippen molar-refractivity contribution in [2.45, 2.75) is 11.3 Å². The lowest BCUT2D eigenvalue weighted by molar-refractivity contribution is -0.736. The Bertz CT molecular complexity index is 678. The summed E-state index contributed by atoms with van der Waals surface area (Å²) in [6, 6.07) is 4.98. The SMILES string of the molecule is O=[N+]([O-])c1cccc(S(=O)(=O)NCCC[NH+]2C=CN=C2)c1.[Cl-]. The minimum Gasteiger partial charge on any atom is -1.00 e. The minimum absolute atomic E-state index is 0. The van der Waals surface area contributed by atoms with Crippen molar-refractivity contribution < 1.29 is 30.6 Å². The summed E-state index contributed by atoms with van der Waals surface area (Å²) in [6.45, 7) is 0.980. The van der Waals surface area contributed by atoms with Gasteiger partial charge in [-0.25, -0.2) is 18.1 Å². The van der Waals surface area contributed by atoms with Crippen LogP contribution in [0.25, 0.3) is 0 Å². The first-order chi connectivity index (χ1) is 9.99. The molecule has 2 rings (SSSR count). The third-order valence-corrected chi connectivity index (χ3v) is 4.35. The van der Waals surface area contributed by atoms with E-state index in [-0.39, 0.29) is 29.5 Å². The van der Waals surface area contributed by atoms with Gasteiger partial charge in [0.1, 0.15) is 6.20 Å². The smallest absolute Gasteiger partial charge is 0.270 e. The molecule has 1 unspecified atom stereocenters. The van der Waals surface area contributed by atoms with Crippen LogP contribution in [0.5, 0.6) is 0 Å². The summed E-state index contributed by atoms with van der Waals surface area (Å²) >= 11 is 0. The molecule has 0 spiro atoms. The molecule has 1 heterocycles. The van der Waals surface area contributed by atoms with Crippen molar-refractivity contribution in [3.8, 4) is 0 Å². The number of hydrogen-bond donors (Lipinski definition) is 2. The molecule has 0 aliphatic carbocycles. The normalized spacial score (nSPS) is 16.5. The number of nitrogens with one attached hydrogen (secondary N) is 2.